The first kappa shape index (κ1) is 11.5. The number of sulfone groups is 1. The van der Waals surface area contributed by atoms with E-state index >= 15 is 0 Å². The Kier molecular flexibility index (Phi) is 3.25. The molecule has 0 bridgehead atoms. The minimum Gasteiger partial charge on any atom is -0.312 e. The second kappa shape index (κ2) is 4.50. The van der Waals surface area contributed by atoms with Gasteiger partial charge in [0.15, 0.2) is 9.84 Å². The summed E-state index contributed by atoms with van der Waals surface area (Å²) in [6, 6.07) is -0.0340. The maximum Gasteiger partial charge on any atom is 0.153 e. The lowest BCUT2D eigenvalue weighted by atomic mass is 10.2. The van der Waals surface area contributed by atoms with Crippen LogP contribution < -0.4 is 5.32 Å². The van der Waals surface area contributed by atoms with E-state index in [1.54, 1.807) is 4.68 Å². The zero-order valence-electron chi connectivity index (χ0n) is 9.26. The minimum atomic E-state index is -2.87. The number of aromatic nitrogens is 3. The van der Waals surface area contributed by atoms with E-state index in [1.165, 1.54) is 6.33 Å². The third kappa shape index (κ3) is 2.59. The van der Waals surface area contributed by atoms with Gasteiger partial charge in [-0.05, 0) is 6.92 Å². The molecule has 1 aromatic heterocycles. The maximum absolute atomic E-state index is 11.5. The number of aryl methyl sites for hydroxylation is 1. The number of nitrogens with one attached hydrogen (secondary N) is 1. The lowest BCUT2D eigenvalue weighted by Gasteiger charge is -2.23. The second-order valence-corrected chi connectivity index (χ2v) is 6.19. The highest BCUT2D eigenvalue weighted by Crippen LogP contribution is 2.07. The van der Waals surface area contributed by atoms with Crippen molar-refractivity contribution in [1.29, 1.82) is 0 Å². The van der Waals surface area contributed by atoms with Gasteiger partial charge in [-0.15, -0.1) is 0 Å². The molecule has 1 aliphatic rings. The van der Waals surface area contributed by atoms with Crippen molar-refractivity contribution in [2.45, 2.75) is 25.9 Å². The van der Waals surface area contributed by atoms with Crippen LogP contribution in [-0.2, 0) is 22.8 Å². The Bertz CT molecular complexity index is 454. The molecule has 7 heteroatoms. The minimum absolute atomic E-state index is 0.0340. The topological polar surface area (TPSA) is 76.9 Å². The molecule has 0 radical (unpaired) electrons. The lowest BCUT2D eigenvalue weighted by Crippen LogP contribution is -2.46. The van der Waals surface area contributed by atoms with Crippen LogP contribution in [0.3, 0.4) is 0 Å². The molecule has 2 heterocycles. The van der Waals surface area contributed by atoms with Crippen molar-refractivity contribution >= 4 is 9.84 Å². The van der Waals surface area contributed by atoms with Gasteiger partial charge in [-0.1, -0.05) is 0 Å². The average molecular weight is 244 g/mol. The van der Waals surface area contributed by atoms with E-state index in [4.69, 9.17) is 0 Å². The van der Waals surface area contributed by atoms with E-state index in [0.717, 1.165) is 12.4 Å². The maximum atomic E-state index is 11.5. The highest BCUT2D eigenvalue weighted by Gasteiger charge is 2.25. The van der Waals surface area contributed by atoms with Crippen molar-refractivity contribution in [3.63, 3.8) is 0 Å². The van der Waals surface area contributed by atoms with Crippen LogP contribution in [0.5, 0.6) is 0 Å². The standard InChI is InChI=1S/C9H16N4O2S/c1-2-13-9(11-7-12-13)5-8-6-16(14,15)4-3-10-8/h7-8,10H,2-6H2,1H3. The monoisotopic (exact) mass is 244 g/mol. The Labute approximate surface area is 95.0 Å². The van der Waals surface area contributed by atoms with Gasteiger partial charge in [0.1, 0.15) is 12.2 Å². The first-order valence-electron chi connectivity index (χ1n) is 5.41. The fourth-order valence-electron chi connectivity index (χ4n) is 1.93. The Balaban J connectivity index is 2.05. The molecule has 1 aliphatic heterocycles. The molecule has 0 spiro atoms. The van der Waals surface area contributed by atoms with Gasteiger partial charge < -0.3 is 5.32 Å². The number of hydrogen-bond donors (Lipinski definition) is 1. The Morgan fingerprint density at radius 3 is 3.12 bits per heavy atom. The third-order valence-corrected chi connectivity index (χ3v) is 4.46. The summed E-state index contributed by atoms with van der Waals surface area (Å²) in [6.07, 6.45) is 2.13. The molecule has 2 rings (SSSR count). The fraction of sp³-hybridized carbons (Fsp3) is 0.778. The van der Waals surface area contributed by atoms with Crippen LogP contribution in [0.25, 0.3) is 0 Å². The van der Waals surface area contributed by atoms with Crippen LogP contribution in [0.2, 0.25) is 0 Å². The van der Waals surface area contributed by atoms with Crippen molar-refractivity contribution in [1.82, 2.24) is 20.1 Å². The summed E-state index contributed by atoms with van der Waals surface area (Å²) in [7, 11) is -2.87. The van der Waals surface area contributed by atoms with Crippen molar-refractivity contribution in [3.8, 4) is 0 Å². The zero-order chi connectivity index (χ0) is 11.6. The van der Waals surface area contributed by atoms with Crippen LogP contribution in [-0.4, -0.2) is 47.3 Å². The molecule has 6 nitrogen and oxygen atoms in total. The molecular formula is C9H16N4O2S. The number of nitrogens with zero attached hydrogens (tertiary/aromatic N) is 3. The molecule has 16 heavy (non-hydrogen) atoms. The molecule has 90 valence electrons. The summed E-state index contributed by atoms with van der Waals surface area (Å²) in [5.41, 5.74) is 0. The Morgan fingerprint density at radius 2 is 2.44 bits per heavy atom. The predicted molar refractivity (Wildman–Crippen MR) is 59.8 cm³/mol. The first-order chi connectivity index (χ1) is 7.61. The van der Waals surface area contributed by atoms with Gasteiger partial charge >= 0.3 is 0 Å². The lowest BCUT2D eigenvalue weighted by molar-refractivity contribution is 0.493. The van der Waals surface area contributed by atoms with E-state index in [-0.39, 0.29) is 17.5 Å². The van der Waals surface area contributed by atoms with Crippen molar-refractivity contribution in [2.24, 2.45) is 0 Å². The van der Waals surface area contributed by atoms with E-state index in [2.05, 4.69) is 15.4 Å². The smallest absolute Gasteiger partial charge is 0.153 e. The molecular weight excluding hydrogens is 228 g/mol. The summed E-state index contributed by atoms with van der Waals surface area (Å²) >= 11 is 0. The summed E-state index contributed by atoms with van der Waals surface area (Å²) < 4.78 is 24.7. The molecule has 0 amide bonds. The Morgan fingerprint density at radius 1 is 1.62 bits per heavy atom. The van der Waals surface area contributed by atoms with Gasteiger partial charge in [-0.3, -0.25) is 4.68 Å². The average Bonchev–Trinajstić information content (AvgIpc) is 2.63. The van der Waals surface area contributed by atoms with Gasteiger partial charge in [0.25, 0.3) is 0 Å². The summed E-state index contributed by atoms with van der Waals surface area (Å²) in [4.78, 5) is 4.15. The first-order valence-corrected chi connectivity index (χ1v) is 7.23. The van der Waals surface area contributed by atoms with Crippen molar-refractivity contribution in [2.75, 3.05) is 18.1 Å². The van der Waals surface area contributed by atoms with Crippen LogP contribution in [0.15, 0.2) is 6.33 Å². The van der Waals surface area contributed by atoms with Gasteiger partial charge in [0.2, 0.25) is 0 Å². The molecule has 1 N–H and O–H groups in total. The molecule has 0 aromatic carbocycles. The second-order valence-electron chi connectivity index (χ2n) is 3.96. The van der Waals surface area contributed by atoms with Crippen LogP contribution in [0, 0.1) is 0 Å². The highest BCUT2D eigenvalue weighted by molar-refractivity contribution is 7.91. The molecule has 1 atom stereocenters. The van der Waals surface area contributed by atoms with E-state index in [1.807, 2.05) is 6.92 Å². The highest BCUT2D eigenvalue weighted by atomic mass is 32.2. The molecule has 0 aliphatic carbocycles. The largest absolute Gasteiger partial charge is 0.312 e. The van der Waals surface area contributed by atoms with Gasteiger partial charge in [0, 0.05) is 25.6 Å². The van der Waals surface area contributed by atoms with Crippen molar-refractivity contribution in [3.05, 3.63) is 12.2 Å². The Hall–Kier alpha value is -0.950. The molecule has 0 saturated carbocycles. The summed E-state index contributed by atoms with van der Waals surface area (Å²) in [6.45, 7) is 3.28. The van der Waals surface area contributed by atoms with Gasteiger partial charge in [-0.25, -0.2) is 13.4 Å². The molecule has 1 fully saturated rings. The zero-order valence-corrected chi connectivity index (χ0v) is 10.1. The van der Waals surface area contributed by atoms with Gasteiger partial charge in [-0.2, -0.15) is 5.10 Å². The van der Waals surface area contributed by atoms with E-state index in [0.29, 0.717) is 13.0 Å². The van der Waals surface area contributed by atoms with Crippen LogP contribution in [0.4, 0.5) is 0 Å². The normalized spacial score (nSPS) is 24.4. The van der Waals surface area contributed by atoms with Crippen LogP contribution in [0.1, 0.15) is 12.7 Å². The molecule has 1 unspecified atom stereocenters. The number of rotatable bonds is 3. The predicted octanol–water partition coefficient (Wildman–Crippen LogP) is -0.773. The third-order valence-electron chi connectivity index (χ3n) is 2.73. The van der Waals surface area contributed by atoms with Crippen LogP contribution >= 0.6 is 0 Å². The van der Waals surface area contributed by atoms with E-state index < -0.39 is 9.84 Å². The summed E-state index contributed by atoms with van der Waals surface area (Å²) in [5.74, 6) is 1.28. The SMILES string of the molecule is CCn1ncnc1CC1CS(=O)(=O)CCN1. The van der Waals surface area contributed by atoms with Gasteiger partial charge in [0.05, 0.1) is 11.5 Å². The fourth-order valence-corrected chi connectivity index (χ4v) is 3.37. The van der Waals surface area contributed by atoms with Crippen molar-refractivity contribution < 1.29 is 8.42 Å². The summed E-state index contributed by atoms with van der Waals surface area (Å²) in [5, 5.41) is 7.27. The number of hydrogen-bond acceptors (Lipinski definition) is 5. The molecule has 1 saturated heterocycles. The quantitative estimate of drug-likeness (QED) is 0.755. The molecule has 1 aromatic rings. The van der Waals surface area contributed by atoms with E-state index in [9.17, 15) is 8.42 Å².